The predicted octanol–water partition coefficient (Wildman–Crippen LogP) is 7.86. The highest BCUT2D eigenvalue weighted by atomic mass is 28.4. The molecule has 0 spiro atoms. The molecule has 0 atom stereocenters. The average molecular weight is 371 g/mol. The van der Waals surface area contributed by atoms with Crippen molar-refractivity contribution in [2.75, 3.05) is 6.54 Å². The minimum atomic E-state index is -1.25. The van der Waals surface area contributed by atoms with Gasteiger partial charge in [0.05, 0.1) is 0 Å². The molecule has 0 aromatic carbocycles. The summed E-state index contributed by atoms with van der Waals surface area (Å²) in [6.45, 7) is 15.9. The summed E-state index contributed by atoms with van der Waals surface area (Å²) in [7, 11) is -1.55. The number of rotatable bonds is 17. The van der Waals surface area contributed by atoms with E-state index in [0.717, 1.165) is 0 Å². The Labute approximate surface area is 157 Å². The third kappa shape index (κ3) is 8.66. The number of hydrogen-bond donors (Lipinski definition) is 0. The second-order valence-electron chi connectivity index (χ2n) is 7.75. The van der Waals surface area contributed by atoms with E-state index < -0.39 is 8.24 Å². The van der Waals surface area contributed by atoms with E-state index in [2.05, 4.69) is 45.8 Å². The molecule has 0 rings (SSSR count). The molecular weight excluding hydrogens is 322 g/mol. The van der Waals surface area contributed by atoms with Gasteiger partial charge in [-0.05, 0) is 43.2 Å². The first-order chi connectivity index (χ1) is 11.7. The lowest BCUT2D eigenvalue weighted by atomic mass is 10.3. The largest absolute Gasteiger partial charge is 0.346 e. The Bertz CT molecular complexity index is 246. The molecule has 1 radical (unpaired) electrons. The third-order valence-electron chi connectivity index (χ3n) is 5.47. The van der Waals surface area contributed by atoms with Crippen molar-refractivity contribution >= 4 is 17.2 Å². The van der Waals surface area contributed by atoms with Gasteiger partial charge in [0.25, 0.3) is 0 Å². The third-order valence-corrected chi connectivity index (χ3v) is 16.4. The zero-order valence-corrected chi connectivity index (χ0v) is 20.1. The molecule has 0 fully saturated rings. The molecule has 0 saturated heterocycles. The number of hydrogen-bond acceptors (Lipinski definition) is 1. The van der Waals surface area contributed by atoms with E-state index in [1.807, 2.05) is 0 Å². The molecule has 0 aliphatic heterocycles. The fourth-order valence-electron chi connectivity index (χ4n) is 4.38. The zero-order valence-electron chi connectivity index (χ0n) is 18.1. The van der Waals surface area contributed by atoms with Gasteiger partial charge in [0.1, 0.15) is 17.2 Å². The van der Waals surface area contributed by atoms with Crippen molar-refractivity contribution in [3.05, 3.63) is 0 Å². The van der Waals surface area contributed by atoms with Gasteiger partial charge in [-0.1, -0.05) is 92.9 Å². The first-order valence-corrected chi connectivity index (χ1v) is 15.7. The van der Waals surface area contributed by atoms with Gasteiger partial charge in [-0.25, -0.2) is 0 Å². The molecular formula is C21H48NSi2. The molecule has 3 heteroatoms. The molecule has 0 aliphatic rings. The molecule has 0 heterocycles. The van der Waals surface area contributed by atoms with Crippen molar-refractivity contribution in [2.24, 2.45) is 0 Å². The summed E-state index contributed by atoms with van der Waals surface area (Å²) in [4.78, 5) is 0. The van der Waals surface area contributed by atoms with Crippen LogP contribution in [-0.4, -0.2) is 28.0 Å². The van der Waals surface area contributed by atoms with Gasteiger partial charge in [-0.15, -0.1) is 0 Å². The van der Waals surface area contributed by atoms with Crippen molar-refractivity contribution in [3.8, 4) is 0 Å². The maximum Gasteiger partial charge on any atom is 0.129 e. The highest BCUT2D eigenvalue weighted by Crippen LogP contribution is 2.33. The van der Waals surface area contributed by atoms with Crippen LogP contribution < -0.4 is 0 Å². The number of unbranched alkanes of at least 4 members (excludes halogenated alkanes) is 3. The molecule has 145 valence electrons. The summed E-state index contributed by atoms with van der Waals surface area (Å²) in [6.07, 6.45) is 12.7. The molecule has 0 aliphatic carbocycles. The molecule has 0 aromatic heterocycles. The van der Waals surface area contributed by atoms with Crippen LogP contribution in [0.2, 0.25) is 30.2 Å². The summed E-state index contributed by atoms with van der Waals surface area (Å²) >= 11 is 0. The van der Waals surface area contributed by atoms with Crippen LogP contribution in [0.1, 0.15) is 99.3 Å². The van der Waals surface area contributed by atoms with Crippen molar-refractivity contribution in [1.82, 2.24) is 4.23 Å². The molecule has 0 aromatic rings. The lowest BCUT2D eigenvalue weighted by Gasteiger charge is -2.47. The fourth-order valence-corrected chi connectivity index (χ4v) is 16.5. The lowest BCUT2D eigenvalue weighted by Crippen LogP contribution is -2.60. The van der Waals surface area contributed by atoms with Gasteiger partial charge < -0.3 is 4.23 Å². The maximum absolute atomic E-state index is 3.28. The molecule has 0 unspecified atom stereocenters. The van der Waals surface area contributed by atoms with Crippen molar-refractivity contribution < 1.29 is 0 Å². The topological polar surface area (TPSA) is 3.24 Å². The Kier molecular flexibility index (Phi) is 15.9. The van der Waals surface area contributed by atoms with E-state index in [-0.39, 0.29) is 8.96 Å². The summed E-state index contributed by atoms with van der Waals surface area (Å²) < 4.78 is 3.28. The molecule has 0 amide bonds. The van der Waals surface area contributed by atoms with E-state index in [0.29, 0.717) is 0 Å². The van der Waals surface area contributed by atoms with Crippen LogP contribution in [0.25, 0.3) is 0 Å². The van der Waals surface area contributed by atoms with Crippen LogP contribution in [0.15, 0.2) is 0 Å². The standard InChI is InChI=1S/C21H48NSi2/c1-7-13-16-22(23(17-14-8-2)18-15-9-3)24(19-10-4,20-11-5)21-12-6/h7-21H2,1-6H3. The number of nitrogens with zero attached hydrogens (tertiary/aromatic N) is 1. The molecule has 1 nitrogen and oxygen atoms in total. The van der Waals surface area contributed by atoms with Gasteiger partial charge in [0, 0.05) is 0 Å². The van der Waals surface area contributed by atoms with Crippen LogP contribution >= 0.6 is 0 Å². The first-order valence-electron chi connectivity index (χ1n) is 11.3. The first kappa shape index (κ1) is 24.4. The van der Waals surface area contributed by atoms with E-state index in [1.165, 1.54) is 64.3 Å². The highest BCUT2D eigenvalue weighted by molar-refractivity contribution is 6.85. The Balaban J connectivity index is 5.52. The maximum atomic E-state index is 3.28. The van der Waals surface area contributed by atoms with E-state index in [9.17, 15) is 0 Å². The molecule has 24 heavy (non-hydrogen) atoms. The van der Waals surface area contributed by atoms with Gasteiger partial charge in [-0.3, -0.25) is 0 Å². The predicted molar refractivity (Wildman–Crippen MR) is 118 cm³/mol. The highest BCUT2D eigenvalue weighted by Gasteiger charge is 2.40. The van der Waals surface area contributed by atoms with Crippen LogP contribution in [0.3, 0.4) is 0 Å². The monoisotopic (exact) mass is 370 g/mol. The van der Waals surface area contributed by atoms with E-state index in [1.54, 1.807) is 30.2 Å². The Morgan fingerprint density at radius 3 is 1.33 bits per heavy atom. The minimum absolute atomic E-state index is 0.308. The van der Waals surface area contributed by atoms with Gasteiger partial charge >= 0.3 is 0 Å². The quantitative estimate of drug-likeness (QED) is 0.235. The summed E-state index contributed by atoms with van der Waals surface area (Å²) in [5, 5.41) is 0. The summed E-state index contributed by atoms with van der Waals surface area (Å²) in [6, 6.07) is 7.79. The average Bonchev–Trinajstić information content (AvgIpc) is 2.57. The second kappa shape index (κ2) is 15.6. The van der Waals surface area contributed by atoms with Crippen LogP contribution in [-0.2, 0) is 0 Å². The van der Waals surface area contributed by atoms with Gasteiger partial charge in [-0.2, -0.15) is 0 Å². The van der Waals surface area contributed by atoms with Crippen LogP contribution in [0, 0.1) is 0 Å². The normalized spacial score (nSPS) is 12.5. The summed E-state index contributed by atoms with van der Waals surface area (Å²) in [5.74, 6) is 0. The molecule has 0 saturated carbocycles. The fraction of sp³-hybridized carbons (Fsp3) is 1.00. The smallest absolute Gasteiger partial charge is 0.129 e. The lowest BCUT2D eigenvalue weighted by molar-refractivity contribution is 0.548. The van der Waals surface area contributed by atoms with Crippen molar-refractivity contribution in [2.45, 2.75) is 130 Å². The van der Waals surface area contributed by atoms with Gasteiger partial charge in [0.15, 0.2) is 0 Å². The Hall–Kier alpha value is 0.394. The molecule has 0 bridgehead atoms. The molecule has 0 N–H and O–H groups in total. The Morgan fingerprint density at radius 2 is 1.00 bits per heavy atom. The summed E-state index contributed by atoms with van der Waals surface area (Å²) in [5.41, 5.74) is 0. The SMILES string of the molecule is CCCCN([Si](CCCC)CCCC)[Si](CCC)(CCC)CCC. The van der Waals surface area contributed by atoms with E-state index in [4.69, 9.17) is 0 Å². The van der Waals surface area contributed by atoms with E-state index >= 15 is 0 Å². The van der Waals surface area contributed by atoms with Crippen LogP contribution in [0.5, 0.6) is 0 Å². The van der Waals surface area contributed by atoms with Crippen molar-refractivity contribution in [3.63, 3.8) is 0 Å². The second-order valence-corrected chi connectivity index (χ2v) is 15.4. The van der Waals surface area contributed by atoms with Crippen molar-refractivity contribution in [1.29, 1.82) is 0 Å². The Morgan fingerprint density at radius 1 is 0.583 bits per heavy atom. The zero-order chi connectivity index (χ0) is 18.3. The van der Waals surface area contributed by atoms with Crippen LogP contribution in [0.4, 0.5) is 0 Å². The van der Waals surface area contributed by atoms with Gasteiger partial charge in [0.2, 0.25) is 0 Å². The minimum Gasteiger partial charge on any atom is -0.346 e.